The van der Waals surface area contributed by atoms with Gasteiger partial charge in [-0.05, 0) is 12.8 Å². The molecule has 0 rings (SSSR count). The first-order valence-corrected chi connectivity index (χ1v) is 3.82. The molecule has 0 spiro atoms. The Morgan fingerprint density at radius 1 is 1.56 bits per heavy atom. The van der Waals surface area contributed by atoms with E-state index in [9.17, 15) is 4.79 Å². The van der Waals surface area contributed by atoms with Crippen LogP contribution in [0.1, 0.15) is 33.1 Å². The maximum absolute atomic E-state index is 10.8. The van der Waals surface area contributed by atoms with E-state index in [-0.39, 0.29) is 11.2 Å². The number of rotatable bonds is 4. The summed E-state index contributed by atoms with van der Waals surface area (Å²) >= 11 is 5.64. The van der Waals surface area contributed by atoms with Crippen LogP contribution in [0.15, 0.2) is 0 Å². The molecular formula is C7H13ClO. The van der Waals surface area contributed by atoms with E-state index in [2.05, 4.69) is 0 Å². The molecule has 0 N–H and O–H groups in total. The van der Waals surface area contributed by atoms with Crippen LogP contribution >= 0.6 is 11.6 Å². The number of carbonyl (C=O) groups excluding carboxylic acids is 1. The number of alkyl halides is 1. The van der Waals surface area contributed by atoms with Gasteiger partial charge in [-0.25, -0.2) is 0 Å². The van der Waals surface area contributed by atoms with E-state index in [4.69, 9.17) is 11.6 Å². The van der Waals surface area contributed by atoms with Gasteiger partial charge < -0.3 is 0 Å². The van der Waals surface area contributed by atoms with Gasteiger partial charge in [0.05, 0.1) is 5.38 Å². The molecule has 54 valence electrons. The SMILES string of the molecule is CCCC(=O)C(Cl)CC. The average molecular weight is 149 g/mol. The van der Waals surface area contributed by atoms with Crippen LogP contribution in [0.3, 0.4) is 0 Å². The fraction of sp³-hybridized carbons (Fsp3) is 0.857. The standard InChI is InChI=1S/C7H13ClO/c1-3-5-7(9)6(8)4-2/h6H,3-5H2,1-2H3. The Bertz CT molecular complexity index is 90.9. The Morgan fingerprint density at radius 3 is 2.44 bits per heavy atom. The molecule has 1 atom stereocenters. The van der Waals surface area contributed by atoms with Crippen LogP contribution in [0.25, 0.3) is 0 Å². The minimum Gasteiger partial charge on any atom is -0.298 e. The van der Waals surface area contributed by atoms with Gasteiger partial charge in [0.2, 0.25) is 0 Å². The first-order chi connectivity index (χ1) is 4.22. The van der Waals surface area contributed by atoms with Crippen LogP contribution in [-0.2, 0) is 4.79 Å². The van der Waals surface area contributed by atoms with Gasteiger partial charge in [-0.15, -0.1) is 11.6 Å². The van der Waals surface area contributed by atoms with Crippen LogP contribution in [0.2, 0.25) is 0 Å². The first-order valence-electron chi connectivity index (χ1n) is 3.39. The Balaban J connectivity index is 3.46. The number of ketones is 1. The van der Waals surface area contributed by atoms with E-state index in [0.717, 1.165) is 12.8 Å². The zero-order chi connectivity index (χ0) is 7.28. The zero-order valence-electron chi connectivity index (χ0n) is 5.98. The molecule has 0 fully saturated rings. The summed E-state index contributed by atoms with van der Waals surface area (Å²) in [6.45, 7) is 3.91. The van der Waals surface area contributed by atoms with Crippen molar-refractivity contribution in [3.8, 4) is 0 Å². The van der Waals surface area contributed by atoms with Crippen molar-refractivity contribution in [3.63, 3.8) is 0 Å². The fourth-order valence-corrected chi connectivity index (χ4v) is 0.740. The molecule has 0 aliphatic rings. The van der Waals surface area contributed by atoms with Gasteiger partial charge in [-0.1, -0.05) is 13.8 Å². The monoisotopic (exact) mass is 148 g/mol. The second kappa shape index (κ2) is 4.80. The molecule has 0 aliphatic heterocycles. The van der Waals surface area contributed by atoms with Crippen molar-refractivity contribution in [2.45, 2.75) is 38.5 Å². The highest BCUT2D eigenvalue weighted by Crippen LogP contribution is 2.05. The second-order valence-electron chi connectivity index (χ2n) is 2.09. The lowest BCUT2D eigenvalue weighted by atomic mass is 10.1. The van der Waals surface area contributed by atoms with E-state index >= 15 is 0 Å². The summed E-state index contributed by atoms with van der Waals surface area (Å²) < 4.78 is 0. The van der Waals surface area contributed by atoms with Crippen molar-refractivity contribution in [3.05, 3.63) is 0 Å². The van der Waals surface area contributed by atoms with Crippen LogP contribution < -0.4 is 0 Å². The summed E-state index contributed by atoms with van der Waals surface area (Å²) in [5, 5.41) is -0.245. The van der Waals surface area contributed by atoms with Gasteiger partial charge >= 0.3 is 0 Å². The highest BCUT2D eigenvalue weighted by molar-refractivity contribution is 6.31. The van der Waals surface area contributed by atoms with Crippen LogP contribution in [-0.4, -0.2) is 11.2 Å². The average Bonchev–Trinajstić information content (AvgIpc) is 1.87. The molecule has 9 heavy (non-hydrogen) atoms. The van der Waals surface area contributed by atoms with E-state index in [1.807, 2.05) is 13.8 Å². The summed E-state index contributed by atoms with van der Waals surface area (Å²) in [6, 6.07) is 0. The molecule has 0 bridgehead atoms. The molecule has 0 aromatic rings. The maximum atomic E-state index is 10.8. The lowest BCUT2D eigenvalue weighted by Crippen LogP contribution is -2.11. The summed E-state index contributed by atoms with van der Waals surface area (Å²) in [5.41, 5.74) is 0. The van der Waals surface area contributed by atoms with Crippen molar-refractivity contribution in [2.75, 3.05) is 0 Å². The summed E-state index contributed by atoms with van der Waals surface area (Å²) in [7, 11) is 0. The predicted octanol–water partition coefficient (Wildman–Crippen LogP) is 2.37. The molecule has 1 unspecified atom stereocenters. The largest absolute Gasteiger partial charge is 0.298 e. The quantitative estimate of drug-likeness (QED) is 0.560. The van der Waals surface area contributed by atoms with E-state index in [1.165, 1.54) is 0 Å². The third kappa shape index (κ3) is 3.52. The molecule has 0 heterocycles. The van der Waals surface area contributed by atoms with Crippen molar-refractivity contribution in [1.29, 1.82) is 0 Å². The smallest absolute Gasteiger partial charge is 0.150 e. The lowest BCUT2D eigenvalue weighted by Gasteiger charge is -2.01. The van der Waals surface area contributed by atoms with Crippen LogP contribution in [0, 0.1) is 0 Å². The topological polar surface area (TPSA) is 17.1 Å². The summed E-state index contributed by atoms with van der Waals surface area (Å²) in [5.74, 6) is 0.182. The third-order valence-electron chi connectivity index (χ3n) is 1.20. The zero-order valence-corrected chi connectivity index (χ0v) is 6.74. The second-order valence-corrected chi connectivity index (χ2v) is 2.62. The van der Waals surface area contributed by atoms with E-state index in [0.29, 0.717) is 6.42 Å². The number of hydrogen-bond donors (Lipinski definition) is 0. The minimum absolute atomic E-state index is 0.182. The number of halogens is 1. The van der Waals surface area contributed by atoms with Crippen LogP contribution in [0.5, 0.6) is 0 Å². The van der Waals surface area contributed by atoms with Crippen molar-refractivity contribution >= 4 is 17.4 Å². The molecule has 0 saturated heterocycles. The lowest BCUT2D eigenvalue weighted by molar-refractivity contribution is -0.118. The maximum Gasteiger partial charge on any atom is 0.150 e. The molecule has 0 saturated carbocycles. The van der Waals surface area contributed by atoms with E-state index in [1.54, 1.807) is 0 Å². The first kappa shape index (κ1) is 8.96. The van der Waals surface area contributed by atoms with E-state index < -0.39 is 0 Å². The van der Waals surface area contributed by atoms with Crippen molar-refractivity contribution in [1.82, 2.24) is 0 Å². The van der Waals surface area contributed by atoms with Gasteiger partial charge in [-0.3, -0.25) is 4.79 Å². The van der Waals surface area contributed by atoms with Crippen molar-refractivity contribution in [2.24, 2.45) is 0 Å². The highest BCUT2D eigenvalue weighted by atomic mass is 35.5. The number of hydrogen-bond acceptors (Lipinski definition) is 1. The molecule has 0 amide bonds. The Kier molecular flexibility index (Phi) is 4.78. The fourth-order valence-electron chi connectivity index (χ4n) is 0.631. The highest BCUT2D eigenvalue weighted by Gasteiger charge is 2.10. The Labute approximate surface area is 61.4 Å². The summed E-state index contributed by atoms with van der Waals surface area (Å²) in [6.07, 6.45) is 2.28. The van der Waals surface area contributed by atoms with Gasteiger partial charge in [-0.2, -0.15) is 0 Å². The van der Waals surface area contributed by atoms with Gasteiger partial charge in [0.15, 0.2) is 5.78 Å². The molecule has 0 radical (unpaired) electrons. The number of Topliss-reactive ketones (excluding diaryl/α,β-unsaturated/α-hetero) is 1. The third-order valence-corrected chi connectivity index (χ3v) is 1.76. The molecule has 0 aromatic carbocycles. The molecule has 1 nitrogen and oxygen atoms in total. The van der Waals surface area contributed by atoms with Gasteiger partial charge in [0.25, 0.3) is 0 Å². The molecule has 0 aliphatic carbocycles. The summed E-state index contributed by atoms with van der Waals surface area (Å²) in [4.78, 5) is 10.8. The minimum atomic E-state index is -0.245. The van der Waals surface area contributed by atoms with Crippen LogP contribution in [0.4, 0.5) is 0 Å². The molecule has 2 heteroatoms. The Morgan fingerprint density at radius 2 is 2.11 bits per heavy atom. The normalized spacial score (nSPS) is 13.2. The molecule has 0 aromatic heterocycles. The van der Waals surface area contributed by atoms with Gasteiger partial charge in [0.1, 0.15) is 0 Å². The molecular weight excluding hydrogens is 136 g/mol. The Hall–Kier alpha value is -0.0400. The van der Waals surface area contributed by atoms with Crippen molar-refractivity contribution < 1.29 is 4.79 Å². The number of carbonyl (C=O) groups is 1. The predicted molar refractivity (Wildman–Crippen MR) is 39.8 cm³/mol. The van der Waals surface area contributed by atoms with Gasteiger partial charge in [0, 0.05) is 6.42 Å².